The zero-order valence-corrected chi connectivity index (χ0v) is 10.3. The van der Waals surface area contributed by atoms with Gasteiger partial charge in [-0.2, -0.15) is 0 Å². The van der Waals surface area contributed by atoms with E-state index < -0.39 is 0 Å². The Balaban J connectivity index is 2.12. The van der Waals surface area contributed by atoms with E-state index in [9.17, 15) is 0 Å². The van der Waals surface area contributed by atoms with Gasteiger partial charge >= 0.3 is 0 Å². The topological polar surface area (TPSA) is 60.2 Å². The molecule has 18 heavy (non-hydrogen) atoms. The number of hydrogen-bond donors (Lipinski definition) is 2. The third kappa shape index (κ3) is 2.99. The second-order valence-corrected chi connectivity index (χ2v) is 3.93. The summed E-state index contributed by atoms with van der Waals surface area (Å²) in [4.78, 5) is 4.19. The zero-order valence-electron chi connectivity index (χ0n) is 10.3. The first-order chi connectivity index (χ1) is 8.83. The lowest BCUT2D eigenvalue weighted by molar-refractivity contribution is 0.397. The van der Waals surface area contributed by atoms with Gasteiger partial charge in [-0.25, -0.2) is 4.98 Å². The number of hydrogen-bond acceptors (Lipinski definition) is 4. The fourth-order valence-electron chi connectivity index (χ4n) is 1.73. The standard InChI is InChI=1S/C14H17N3O/c1-18-14-8-7-11(10-16-14)13(9-15)17-12-5-3-2-4-6-12/h2-8,10,13,17H,9,15H2,1H3. The van der Waals surface area contributed by atoms with E-state index in [1.807, 2.05) is 42.5 Å². The van der Waals surface area contributed by atoms with E-state index in [1.165, 1.54) is 0 Å². The summed E-state index contributed by atoms with van der Waals surface area (Å²) in [5.74, 6) is 0.606. The van der Waals surface area contributed by atoms with Crippen LogP contribution in [0.4, 0.5) is 5.69 Å². The number of methoxy groups -OCH3 is 1. The smallest absolute Gasteiger partial charge is 0.212 e. The molecular weight excluding hydrogens is 226 g/mol. The van der Waals surface area contributed by atoms with Gasteiger partial charge in [0.05, 0.1) is 13.2 Å². The molecule has 0 saturated heterocycles. The summed E-state index contributed by atoms with van der Waals surface area (Å²) in [7, 11) is 1.60. The molecule has 4 heteroatoms. The van der Waals surface area contributed by atoms with Crippen molar-refractivity contribution in [3.05, 3.63) is 54.2 Å². The predicted octanol–water partition coefficient (Wildman–Crippen LogP) is 2.20. The van der Waals surface area contributed by atoms with Gasteiger partial charge in [0.1, 0.15) is 0 Å². The molecule has 1 heterocycles. The summed E-state index contributed by atoms with van der Waals surface area (Å²) in [6.07, 6.45) is 1.78. The minimum absolute atomic E-state index is 0.0470. The molecule has 1 aromatic carbocycles. The van der Waals surface area contributed by atoms with Gasteiger partial charge in [0.15, 0.2) is 0 Å². The molecule has 1 atom stereocenters. The third-order valence-corrected chi connectivity index (χ3v) is 2.72. The Kier molecular flexibility index (Phi) is 4.15. The van der Waals surface area contributed by atoms with E-state index in [4.69, 9.17) is 10.5 Å². The van der Waals surface area contributed by atoms with Crippen molar-refractivity contribution in [2.75, 3.05) is 19.0 Å². The van der Waals surface area contributed by atoms with E-state index in [0.717, 1.165) is 11.3 Å². The Morgan fingerprint density at radius 2 is 2.00 bits per heavy atom. The number of nitrogens with two attached hydrogens (primary N) is 1. The lowest BCUT2D eigenvalue weighted by atomic mass is 10.1. The molecule has 0 aliphatic heterocycles. The minimum atomic E-state index is 0.0470. The SMILES string of the molecule is COc1ccc(C(CN)Nc2ccccc2)cn1. The quantitative estimate of drug-likeness (QED) is 0.845. The van der Waals surface area contributed by atoms with Crippen molar-refractivity contribution in [2.24, 2.45) is 5.73 Å². The van der Waals surface area contributed by atoms with Crippen LogP contribution in [-0.4, -0.2) is 18.6 Å². The van der Waals surface area contributed by atoms with Gasteiger partial charge in [-0.05, 0) is 17.7 Å². The maximum absolute atomic E-state index is 5.80. The third-order valence-electron chi connectivity index (χ3n) is 2.72. The van der Waals surface area contributed by atoms with Crippen LogP contribution in [0.5, 0.6) is 5.88 Å². The summed E-state index contributed by atoms with van der Waals surface area (Å²) in [6.45, 7) is 0.503. The van der Waals surface area contributed by atoms with Crippen LogP contribution in [0.2, 0.25) is 0 Å². The van der Waals surface area contributed by atoms with Crippen LogP contribution in [0.1, 0.15) is 11.6 Å². The first-order valence-corrected chi connectivity index (χ1v) is 5.85. The maximum atomic E-state index is 5.80. The molecular formula is C14H17N3O. The number of para-hydroxylation sites is 1. The fraction of sp³-hybridized carbons (Fsp3) is 0.214. The molecule has 4 nitrogen and oxygen atoms in total. The van der Waals surface area contributed by atoms with Gasteiger partial charge in [0.2, 0.25) is 5.88 Å². The monoisotopic (exact) mass is 243 g/mol. The molecule has 3 N–H and O–H groups in total. The Hall–Kier alpha value is -2.07. The highest BCUT2D eigenvalue weighted by molar-refractivity contribution is 5.45. The zero-order chi connectivity index (χ0) is 12.8. The second kappa shape index (κ2) is 6.02. The molecule has 1 aromatic heterocycles. The highest BCUT2D eigenvalue weighted by Gasteiger charge is 2.09. The van der Waals surface area contributed by atoms with Crippen molar-refractivity contribution < 1.29 is 4.74 Å². The molecule has 0 saturated carbocycles. The van der Waals surface area contributed by atoms with Crippen molar-refractivity contribution in [1.82, 2.24) is 4.98 Å². The van der Waals surface area contributed by atoms with Gasteiger partial charge in [0.25, 0.3) is 0 Å². The van der Waals surface area contributed by atoms with Crippen LogP contribution >= 0.6 is 0 Å². The van der Waals surface area contributed by atoms with Crippen molar-refractivity contribution in [1.29, 1.82) is 0 Å². The molecule has 0 aliphatic rings. The van der Waals surface area contributed by atoms with E-state index in [0.29, 0.717) is 12.4 Å². The number of nitrogens with one attached hydrogen (secondary N) is 1. The predicted molar refractivity (Wildman–Crippen MR) is 72.6 cm³/mol. The van der Waals surface area contributed by atoms with Crippen LogP contribution in [0.15, 0.2) is 48.7 Å². The van der Waals surface area contributed by atoms with E-state index in [2.05, 4.69) is 10.3 Å². The van der Waals surface area contributed by atoms with Crippen LogP contribution in [-0.2, 0) is 0 Å². The molecule has 0 radical (unpaired) electrons. The summed E-state index contributed by atoms with van der Waals surface area (Å²) in [6, 6.07) is 13.8. The Bertz CT molecular complexity index is 470. The van der Waals surface area contributed by atoms with E-state index >= 15 is 0 Å². The maximum Gasteiger partial charge on any atom is 0.212 e. The lowest BCUT2D eigenvalue weighted by Crippen LogP contribution is -2.20. The number of benzene rings is 1. The summed E-state index contributed by atoms with van der Waals surface area (Å²) in [5, 5.41) is 3.38. The Morgan fingerprint density at radius 1 is 1.22 bits per heavy atom. The number of aromatic nitrogens is 1. The normalized spacial score (nSPS) is 11.9. The number of anilines is 1. The minimum Gasteiger partial charge on any atom is -0.481 e. The summed E-state index contributed by atoms with van der Waals surface area (Å²) < 4.78 is 5.04. The molecule has 0 bridgehead atoms. The molecule has 0 amide bonds. The molecule has 94 valence electrons. The summed E-state index contributed by atoms with van der Waals surface area (Å²) in [5.41, 5.74) is 7.89. The molecule has 2 aromatic rings. The van der Waals surface area contributed by atoms with E-state index in [-0.39, 0.29) is 6.04 Å². The van der Waals surface area contributed by atoms with Crippen molar-refractivity contribution >= 4 is 5.69 Å². The molecule has 0 fully saturated rings. The van der Waals surface area contributed by atoms with Crippen molar-refractivity contribution in [2.45, 2.75) is 6.04 Å². The number of ether oxygens (including phenoxy) is 1. The first kappa shape index (κ1) is 12.4. The second-order valence-electron chi connectivity index (χ2n) is 3.93. The van der Waals surface area contributed by atoms with Gasteiger partial charge in [0, 0.05) is 24.5 Å². The van der Waals surface area contributed by atoms with Gasteiger partial charge in [-0.1, -0.05) is 24.3 Å². The van der Waals surface area contributed by atoms with Crippen LogP contribution in [0.3, 0.4) is 0 Å². The largest absolute Gasteiger partial charge is 0.481 e. The van der Waals surface area contributed by atoms with Crippen LogP contribution in [0.25, 0.3) is 0 Å². The Morgan fingerprint density at radius 3 is 2.56 bits per heavy atom. The number of rotatable bonds is 5. The Labute approximate surface area is 107 Å². The van der Waals surface area contributed by atoms with Crippen LogP contribution in [0, 0.1) is 0 Å². The van der Waals surface area contributed by atoms with Gasteiger partial charge in [-0.15, -0.1) is 0 Å². The fourth-order valence-corrected chi connectivity index (χ4v) is 1.73. The van der Waals surface area contributed by atoms with Gasteiger partial charge < -0.3 is 15.8 Å². The van der Waals surface area contributed by atoms with E-state index in [1.54, 1.807) is 13.3 Å². The highest BCUT2D eigenvalue weighted by atomic mass is 16.5. The molecule has 0 aliphatic carbocycles. The number of pyridine rings is 1. The highest BCUT2D eigenvalue weighted by Crippen LogP contribution is 2.19. The lowest BCUT2D eigenvalue weighted by Gasteiger charge is -2.18. The molecule has 1 unspecified atom stereocenters. The average molecular weight is 243 g/mol. The van der Waals surface area contributed by atoms with Gasteiger partial charge in [-0.3, -0.25) is 0 Å². The summed E-state index contributed by atoms with van der Waals surface area (Å²) >= 11 is 0. The van der Waals surface area contributed by atoms with Crippen molar-refractivity contribution in [3.8, 4) is 5.88 Å². The first-order valence-electron chi connectivity index (χ1n) is 5.85. The molecule has 2 rings (SSSR count). The average Bonchev–Trinajstić information content (AvgIpc) is 2.46. The van der Waals surface area contributed by atoms with Crippen LogP contribution < -0.4 is 15.8 Å². The number of nitrogens with zero attached hydrogens (tertiary/aromatic N) is 1. The van der Waals surface area contributed by atoms with Crippen molar-refractivity contribution in [3.63, 3.8) is 0 Å². The molecule has 0 spiro atoms.